The quantitative estimate of drug-likeness (QED) is 0.179. The molecule has 278 valence electrons. The van der Waals surface area contributed by atoms with Crippen molar-refractivity contribution in [2.45, 2.75) is 0 Å². The van der Waals surface area contributed by atoms with Crippen molar-refractivity contribution >= 4 is 86.8 Å². The molecule has 3 heterocycles. The summed E-state index contributed by atoms with van der Waals surface area (Å²) in [5, 5.41) is 13.4. The summed E-state index contributed by atoms with van der Waals surface area (Å²) in [6.07, 6.45) is 0. The Hall–Kier alpha value is -8.15. The van der Waals surface area contributed by atoms with Crippen LogP contribution in [-0.2, 0) is 0 Å². The van der Waals surface area contributed by atoms with Crippen LogP contribution in [-0.4, -0.2) is 19.5 Å². The molecular weight excluding hydrogens is 733 g/mol. The van der Waals surface area contributed by atoms with Gasteiger partial charge in [-0.3, -0.25) is 4.57 Å². The highest BCUT2D eigenvalue weighted by atomic mass is 16.3. The molecule has 0 fully saturated rings. The summed E-state index contributed by atoms with van der Waals surface area (Å²) in [5.41, 5.74) is 7.84. The van der Waals surface area contributed by atoms with E-state index < -0.39 is 0 Å². The van der Waals surface area contributed by atoms with Gasteiger partial charge in [-0.05, 0) is 96.7 Å². The minimum absolute atomic E-state index is 0.549. The number of nitrogens with zero attached hydrogens (tertiary/aromatic N) is 4. The van der Waals surface area contributed by atoms with Crippen LogP contribution >= 0.6 is 0 Å². The van der Waals surface area contributed by atoms with Gasteiger partial charge in [-0.2, -0.15) is 9.97 Å². The highest BCUT2D eigenvalue weighted by Gasteiger charge is 2.24. The molecule has 13 rings (SSSR count). The van der Waals surface area contributed by atoms with Crippen LogP contribution in [0.3, 0.4) is 0 Å². The summed E-state index contributed by atoms with van der Waals surface area (Å²) < 4.78 is 8.78. The Morgan fingerprint density at radius 2 is 0.950 bits per heavy atom. The second-order valence-corrected chi connectivity index (χ2v) is 15.6. The molecule has 3 aromatic heterocycles. The molecule has 60 heavy (non-hydrogen) atoms. The van der Waals surface area contributed by atoms with Crippen LogP contribution in [0, 0.1) is 0 Å². The third-order valence-electron chi connectivity index (χ3n) is 12.2. The van der Waals surface area contributed by atoms with E-state index in [-0.39, 0.29) is 0 Å². The fourth-order valence-corrected chi connectivity index (χ4v) is 9.45. The highest BCUT2D eigenvalue weighted by Crippen LogP contribution is 2.43. The van der Waals surface area contributed by atoms with E-state index in [9.17, 15) is 0 Å². The maximum absolute atomic E-state index is 6.56. The Labute approximate surface area is 343 Å². The van der Waals surface area contributed by atoms with Crippen molar-refractivity contribution < 1.29 is 4.42 Å². The molecule has 5 nitrogen and oxygen atoms in total. The Kier molecular flexibility index (Phi) is 6.95. The zero-order valence-electron chi connectivity index (χ0n) is 32.2. The molecule has 0 aliphatic heterocycles. The van der Waals surface area contributed by atoms with Crippen molar-refractivity contribution in [3.05, 3.63) is 194 Å². The minimum atomic E-state index is 0.549. The molecular formula is C55H32N4O. The number of fused-ring (bicyclic) bond motifs is 10. The molecule has 13 aromatic rings. The molecule has 0 saturated carbocycles. The normalized spacial score (nSPS) is 12.0. The number of rotatable bonds is 4. The Morgan fingerprint density at radius 1 is 0.350 bits per heavy atom. The zero-order valence-corrected chi connectivity index (χ0v) is 32.2. The van der Waals surface area contributed by atoms with Gasteiger partial charge in [0.05, 0.1) is 11.0 Å². The van der Waals surface area contributed by atoms with Crippen LogP contribution in [0.2, 0.25) is 0 Å². The standard InChI is InChI=1S/C55H32N4O/c1-2-14-34-29-38(26-25-33(34)13-1)39-27-28-44(42-20-8-7-19-41(39)42)53-56-54(52-40-18-6-5-17-37(40)32-50-51(52)45-22-10-12-24-49(45)60-50)58-55(57-53)59-47-23-11-9-21-43(47)46-30-35-15-3-4-16-36(35)31-48(46)59/h1-32H. The number of aromatic nitrogens is 4. The second kappa shape index (κ2) is 12.7. The van der Waals surface area contributed by atoms with Crippen molar-refractivity contribution in [2.75, 3.05) is 0 Å². The van der Waals surface area contributed by atoms with Gasteiger partial charge in [0.1, 0.15) is 11.2 Å². The lowest BCUT2D eigenvalue weighted by atomic mass is 9.93. The van der Waals surface area contributed by atoms with Crippen LogP contribution in [0.15, 0.2) is 199 Å². The number of hydrogen-bond donors (Lipinski definition) is 0. The average molecular weight is 765 g/mol. The van der Waals surface area contributed by atoms with E-state index in [1.54, 1.807) is 0 Å². The molecule has 0 N–H and O–H groups in total. The molecule has 0 amide bonds. The second-order valence-electron chi connectivity index (χ2n) is 15.6. The van der Waals surface area contributed by atoms with E-state index >= 15 is 0 Å². The third kappa shape index (κ3) is 4.90. The van der Waals surface area contributed by atoms with Gasteiger partial charge in [0.25, 0.3) is 0 Å². The van der Waals surface area contributed by atoms with Crippen LogP contribution in [0.5, 0.6) is 0 Å². The van der Waals surface area contributed by atoms with E-state index in [1.165, 1.54) is 16.2 Å². The average Bonchev–Trinajstić information content (AvgIpc) is 3.84. The predicted octanol–water partition coefficient (Wildman–Crippen LogP) is 14.5. The van der Waals surface area contributed by atoms with Gasteiger partial charge in [0, 0.05) is 32.7 Å². The van der Waals surface area contributed by atoms with Crippen molar-refractivity contribution in [1.29, 1.82) is 0 Å². The van der Waals surface area contributed by atoms with Gasteiger partial charge >= 0.3 is 0 Å². The minimum Gasteiger partial charge on any atom is -0.456 e. The molecule has 10 aromatic carbocycles. The summed E-state index contributed by atoms with van der Waals surface area (Å²) in [5.74, 6) is 1.72. The molecule has 0 saturated heterocycles. The topological polar surface area (TPSA) is 56.7 Å². The van der Waals surface area contributed by atoms with Gasteiger partial charge < -0.3 is 4.42 Å². The zero-order chi connectivity index (χ0) is 39.3. The molecule has 5 heteroatoms. The molecule has 0 aliphatic carbocycles. The predicted molar refractivity (Wildman–Crippen MR) is 248 cm³/mol. The van der Waals surface area contributed by atoms with Gasteiger partial charge in [0.2, 0.25) is 5.95 Å². The largest absolute Gasteiger partial charge is 0.456 e. The van der Waals surface area contributed by atoms with Crippen LogP contribution in [0.4, 0.5) is 0 Å². The Balaban J connectivity index is 1.15. The van der Waals surface area contributed by atoms with E-state index in [0.29, 0.717) is 17.6 Å². The molecule has 0 unspecified atom stereocenters. The summed E-state index contributed by atoms with van der Waals surface area (Å²) in [6.45, 7) is 0. The summed E-state index contributed by atoms with van der Waals surface area (Å²) >= 11 is 0. The monoisotopic (exact) mass is 764 g/mol. The molecule has 0 spiro atoms. The van der Waals surface area contributed by atoms with Gasteiger partial charge in [-0.15, -0.1) is 0 Å². The smallest absolute Gasteiger partial charge is 0.238 e. The van der Waals surface area contributed by atoms with Crippen LogP contribution < -0.4 is 0 Å². The maximum Gasteiger partial charge on any atom is 0.238 e. The van der Waals surface area contributed by atoms with Gasteiger partial charge in [-0.25, -0.2) is 4.98 Å². The molecule has 0 bridgehead atoms. The van der Waals surface area contributed by atoms with Crippen molar-refractivity contribution in [3.8, 4) is 39.9 Å². The Bertz CT molecular complexity index is 3910. The van der Waals surface area contributed by atoms with E-state index in [4.69, 9.17) is 19.4 Å². The first-order valence-corrected chi connectivity index (χ1v) is 20.3. The number of hydrogen-bond acceptors (Lipinski definition) is 4. The number of para-hydroxylation sites is 2. The summed E-state index contributed by atoms with van der Waals surface area (Å²) in [6, 6.07) is 68.7. The van der Waals surface area contributed by atoms with Crippen molar-refractivity contribution in [1.82, 2.24) is 19.5 Å². The molecule has 0 atom stereocenters. The first kappa shape index (κ1) is 32.9. The SMILES string of the molecule is c1ccc2cc(-c3ccc(-c4nc(-c5c6ccccc6cc6oc7ccccc7c56)nc(-n5c6ccccc6c6cc7ccccc7cc65)n4)c4ccccc34)ccc2c1. The van der Waals surface area contributed by atoms with Crippen LogP contribution in [0.25, 0.3) is 127 Å². The summed E-state index contributed by atoms with van der Waals surface area (Å²) in [4.78, 5) is 16.5. The van der Waals surface area contributed by atoms with Crippen LogP contribution in [0.1, 0.15) is 0 Å². The first-order chi connectivity index (χ1) is 29.7. The van der Waals surface area contributed by atoms with Gasteiger partial charge in [-0.1, -0.05) is 152 Å². The fraction of sp³-hybridized carbons (Fsp3) is 0. The number of furan rings is 1. The first-order valence-electron chi connectivity index (χ1n) is 20.3. The van der Waals surface area contributed by atoms with Crippen molar-refractivity contribution in [3.63, 3.8) is 0 Å². The van der Waals surface area contributed by atoms with E-state index in [0.717, 1.165) is 92.9 Å². The highest BCUT2D eigenvalue weighted by molar-refractivity contribution is 6.20. The summed E-state index contributed by atoms with van der Waals surface area (Å²) in [7, 11) is 0. The van der Waals surface area contributed by atoms with Crippen molar-refractivity contribution in [2.24, 2.45) is 0 Å². The number of benzene rings is 10. The fourth-order valence-electron chi connectivity index (χ4n) is 9.45. The molecule has 0 aliphatic rings. The van der Waals surface area contributed by atoms with Gasteiger partial charge in [0.15, 0.2) is 11.6 Å². The lowest BCUT2D eigenvalue weighted by Gasteiger charge is -2.15. The lowest BCUT2D eigenvalue weighted by molar-refractivity contribution is 0.669. The van der Waals surface area contributed by atoms with E-state index in [2.05, 4.69) is 187 Å². The Morgan fingerprint density at radius 3 is 1.77 bits per heavy atom. The maximum atomic E-state index is 6.56. The lowest BCUT2D eigenvalue weighted by Crippen LogP contribution is -2.07. The third-order valence-corrected chi connectivity index (χ3v) is 12.2. The molecule has 0 radical (unpaired) electrons. The van der Waals surface area contributed by atoms with E-state index in [1.807, 2.05) is 12.1 Å².